The highest BCUT2D eigenvalue weighted by Gasteiger charge is 2.12. The molecule has 88 valence electrons. The van der Waals surface area contributed by atoms with Crippen molar-refractivity contribution in [2.75, 3.05) is 12.8 Å². The molecule has 0 aliphatic carbocycles. The van der Waals surface area contributed by atoms with Crippen molar-refractivity contribution in [1.29, 1.82) is 0 Å². The van der Waals surface area contributed by atoms with Crippen LogP contribution in [-0.4, -0.2) is 19.1 Å². The van der Waals surface area contributed by atoms with Crippen molar-refractivity contribution >= 4 is 20.2 Å². The van der Waals surface area contributed by atoms with Gasteiger partial charge in [-0.15, -0.1) is 0 Å². The fourth-order valence-electron chi connectivity index (χ4n) is 1.21. The maximum Gasteiger partial charge on any atom is 0.169 e. The maximum absolute atomic E-state index is 13.4. The molecule has 0 aromatic heterocycles. The molecule has 5 heteroatoms. The molecule has 0 saturated carbocycles. The number of halogens is 2. The van der Waals surface area contributed by atoms with Crippen molar-refractivity contribution in [2.24, 2.45) is 0 Å². The van der Waals surface area contributed by atoms with Crippen LogP contribution in [0, 0.1) is 11.6 Å². The van der Waals surface area contributed by atoms with Crippen molar-refractivity contribution in [2.45, 2.75) is 13.3 Å². The van der Waals surface area contributed by atoms with Crippen LogP contribution in [0.15, 0.2) is 12.1 Å². The Morgan fingerprint density at radius 2 is 2.12 bits per heavy atom. The Balaban J connectivity index is 2.67. The zero-order chi connectivity index (χ0) is 12.0. The van der Waals surface area contributed by atoms with E-state index >= 15 is 0 Å². The fraction of sp³-hybridized carbons (Fsp3) is 0.364. The Morgan fingerprint density at radius 1 is 1.38 bits per heavy atom. The first-order valence-electron chi connectivity index (χ1n) is 5.08. The van der Waals surface area contributed by atoms with Gasteiger partial charge < -0.3 is 5.32 Å². The zero-order valence-corrected chi connectivity index (χ0v) is 10.0. The van der Waals surface area contributed by atoms with E-state index in [0.717, 1.165) is 13.0 Å². The molecule has 0 fully saturated rings. The summed E-state index contributed by atoms with van der Waals surface area (Å²) in [5.41, 5.74) is -0.229. The van der Waals surface area contributed by atoms with Gasteiger partial charge in [0.2, 0.25) is 0 Å². The molecular weight excluding hydrogens is 231 g/mol. The number of benzene rings is 1. The van der Waals surface area contributed by atoms with Crippen LogP contribution in [0.2, 0.25) is 0 Å². The van der Waals surface area contributed by atoms with Gasteiger partial charge in [-0.2, -0.15) is 0 Å². The van der Waals surface area contributed by atoms with Crippen LogP contribution in [0.5, 0.6) is 0 Å². The van der Waals surface area contributed by atoms with E-state index in [-0.39, 0.29) is 14.1 Å². The normalized spacial score (nSPS) is 11.2. The Kier molecular flexibility index (Phi) is 5.50. The lowest BCUT2D eigenvalue weighted by molar-refractivity contribution is 0.111. The average Bonchev–Trinajstić information content (AvgIpc) is 2.30. The van der Waals surface area contributed by atoms with E-state index < -0.39 is 11.6 Å². The third kappa shape index (κ3) is 3.32. The standard InChI is InChI=1S/C11H14F2NOP/c1-2-5-14-7-16-9-4-3-8(6-15)10(12)11(9)13/h3-4,6,14,16H,2,5,7H2,1H3. The monoisotopic (exact) mass is 245 g/mol. The maximum atomic E-state index is 13.4. The third-order valence-corrected chi connectivity index (χ3v) is 3.26. The first-order chi connectivity index (χ1) is 7.70. The molecule has 1 unspecified atom stereocenters. The van der Waals surface area contributed by atoms with Gasteiger partial charge in [-0.25, -0.2) is 8.78 Å². The predicted octanol–water partition coefficient (Wildman–Crippen LogP) is 2.04. The summed E-state index contributed by atoms with van der Waals surface area (Å²) in [6.07, 6.45) is 1.96. The first kappa shape index (κ1) is 13.2. The molecule has 0 spiro atoms. The van der Waals surface area contributed by atoms with Crippen molar-refractivity contribution < 1.29 is 13.6 Å². The fourth-order valence-corrected chi connectivity index (χ4v) is 2.17. The molecule has 0 radical (unpaired) electrons. The van der Waals surface area contributed by atoms with Crippen LogP contribution in [0.25, 0.3) is 0 Å². The molecule has 1 aromatic carbocycles. The lowest BCUT2D eigenvalue weighted by Crippen LogP contribution is -2.16. The second-order valence-electron chi connectivity index (χ2n) is 3.30. The molecule has 1 rings (SSSR count). The van der Waals surface area contributed by atoms with Crippen LogP contribution in [-0.2, 0) is 0 Å². The van der Waals surface area contributed by atoms with E-state index in [1.165, 1.54) is 12.1 Å². The summed E-state index contributed by atoms with van der Waals surface area (Å²) >= 11 is 0. The number of hydrogen-bond acceptors (Lipinski definition) is 2. The van der Waals surface area contributed by atoms with Crippen molar-refractivity contribution in [3.05, 3.63) is 29.3 Å². The summed E-state index contributed by atoms with van der Waals surface area (Å²) in [7, 11) is 0.165. The summed E-state index contributed by atoms with van der Waals surface area (Å²) in [5, 5.41) is 3.44. The van der Waals surface area contributed by atoms with Crippen LogP contribution in [0.3, 0.4) is 0 Å². The summed E-state index contributed by atoms with van der Waals surface area (Å²) in [4.78, 5) is 10.4. The summed E-state index contributed by atoms with van der Waals surface area (Å²) in [5.74, 6) is -1.95. The minimum Gasteiger partial charge on any atom is -0.313 e. The summed E-state index contributed by atoms with van der Waals surface area (Å²) < 4.78 is 26.6. The van der Waals surface area contributed by atoms with Gasteiger partial charge in [0.1, 0.15) is 0 Å². The van der Waals surface area contributed by atoms with Crippen LogP contribution in [0.1, 0.15) is 23.7 Å². The van der Waals surface area contributed by atoms with E-state index in [4.69, 9.17) is 0 Å². The lowest BCUT2D eigenvalue weighted by Gasteiger charge is -2.06. The number of nitrogens with one attached hydrogen (secondary N) is 1. The molecule has 16 heavy (non-hydrogen) atoms. The Morgan fingerprint density at radius 3 is 2.75 bits per heavy atom. The van der Waals surface area contributed by atoms with Crippen molar-refractivity contribution in [3.63, 3.8) is 0 Å². The van der Waals surface area contributed by atoms with E-state index in [1.807, 2.05) is 6.92 Å². The van der Waals surface area contributed by atoms with Gasteiger partial charge >= 0.3 is 0 Å². The molecule has 0 aliphatic heterocycles. The predicted molar refractivity (Wildman–Crippen MR) is 62.9 cm³/mol. The molecule has 1 atom stereocenters. The van der Waals surface area contributed by atoms with E-state index in [2.05, 4.69) is 5.32 Å². The van der Waals surface area contributed by atoms with Crippen LogP contribution >= 0.6 is 8.58 Å². The summed E-state index contributed by atoms with van der Waals surface area (Å²) in [6, 6.07) is 2.78. The third-order valence-electron chi connectivity index (χ3n) is 2.07. The average molecular weight is 245 g/mol. The lowest BCUT2D eigenvalue weighted by atomic mass is 10.2. The Hall–Kier alpha value is -0.860. The van der Waals surface area contributed by atoms with Crippen molar-refractivity contribution in [1.82, 2.24) is 5.32 Å². The Bertz CT molecular complexity index is 371. The molecule has 1 aromatic rings. The van der Waals surface area contributed by atoms with Gasteiger partial charge in [-0.1, -0.05) is 21.6 Å². The highest BCUT2D eigenvalue weighted by molar-refractivity contribution is 7.47. The van der Waals surface area contributed by atoms with Gasteiger partial charge in [0.25, 0.3) is 0 Å². The minimum absolute atomic E-state index is 0.165. The topological polar surface area (TPSA) is 29.1 Å². The zero-order valence-electron chi connectivity index (χ0n) is 9.02. The quantitative estimate of drug-likeness (QED) is 0.472. The second-order valence-corrected chi connectivity index (χ2v) is 4.55. The van der Waals surface area contributed by atoms with E-state index in [1.54, 1.807) is 0 Å². The largest absolute Gasteiger partial charge is 0.313 e. The summed E-state index contributed by atoms with van der Waals surface area (Å²) in [6.45, 7) is 2.90. The molecular formula is C11H14F2NOP. The van der Waals surface area contributed by atoms with Crippen LogP contribution in [0.4, 0.5) is 8.78 Å². The van der Waals surface area contributed by atoms with Gasteiger partial charge in [-0.05, 0) is 19.0 Å². The number of rotatable bonds is 6. The SMILES string of the molecule is CCCNCPc1ccc(C=O)c(F)c1F. The number of aldehydes is 1. The van der Waals surface area contributed by atoms with E-state index in [0.29, 0.717) is 17.9 Å². The smallest absolute Gasteiger partial charge is 0.169 e. The number of carbonyl (C=O) groups excluding carboxylic acids is 1. The van der Waals surface area contributed by atoms with Crippen LogP contribution < -0.4 is 10.6 Å². The molecule has 0 bridgehead atoms. The minimum atomic E-state index is -1.05. The van der Waals surface area contributed by atoms with Gasteiger partial charge in [-0.3, -0.25) is 4.79 Å². The van der Waals surface area contributed by atoms with Crippen molar-refractivity contribution in [3.8, 4) is 0 Å². The van der Waals surface area contributed by atoms with E-state index in [9.17, 15) is 13.6 Å². The van der Waals surface area contributed by atoms with Gasteiger partial charge in [0, 0.05) is 11.6 Å². The molecule has 2 nitrogen and oxygen atoms in total. The molecule has 0 aliphatic rings. The number of carbonyl (C=O) groups is 1. The first-order valence-corrected chi connectivity index (χ1v) is 6.29. The molecule has 0 saturated heterocycles. The highest BCUT2D eigenvalue weighted by Crippen LogP contribution is 2.16. The molecule has 0 heterocycles. The highest BCUT2D eigenvalue weighted by atomic mass is 31.1. The van der Waals surface area contributed by atoms with Gasteiger partial charge in [0.05, 0.1) is 5.56 Å². The molecule has 1 N–H and O–H groups in total. The number of hydrogen-bond donors (Lipinski definition) is 1. The van der Waals surface area contributed by atoms with Gasteiger partial charge in [0.15, 0.2) is 17.9 Å². The Labute approximate surface area is 95.2 Å². The molecule has 0 amide bonds. The second kappa shape index (κ2) is 6.66.